The monoisotopic (exact) mass is 444 g/mol. The topological polar surface area (TPSA) is 118 Å². The van der Waals surface area contributed by atoms with E-state index in [1.165, 1.54) is 6.33 Å². The van der Waals surface area contributed by atoms with Crippen LogP contribution in [0, 0.1) is 6.92 Å². The largest absolute Gasteiger partial charge is 0.466 e. The van der Waals surface area contributed by atoms with E-state index in [1.54, 1.807) is 23.7 Å². The number of carbonyl (C=O) groups excluding carboxylic acids is 2. The molecule has 0 spiro atoms. The normalized spacial score (nSPS) is 10.8. The van der Waals surface area contributed by atoms with Crippen molar-refractivity contribution in [3.63, 3.8) is 0 Å². The van der Waals surface area contributed by atoms with Crippen LogP contribution >= 0.6 is 0 Å². The number of benzene rings is 2. The molecule has 0 aliphatic rings. The molecule has 0 unspecified atom stereocenters. The van der Waals surface area contributed by atoms with Crippen LogP contribution < -0.4 is 5.73 Å². The Hall–Kier alpha value is -4.27. The molecule has 2 N–H and O–H groups in total. The van der Waals surface area contributed by atoms with Gasteiger partial charge in [-0.15, -0.1) is 5.10 Å². The van der Waals surface area contributed by atoms with Gasteiger partial charge in [0.2, 0.25) is 5.91 Å². The zero-order valence-electron chi connectivity index (χ0n) is 18.4. The van der Waals surface area contributed by atoms with E-state index in [-0.39, 0.29) is 12.4 Å². The molecule has 9 heteroatoms. The number of aromatic nitrogens is 5. The molecule has 1 amide bonds. The first-order valence-electron chi connectivity index (χ1n) is 10.6. The van der Waals surface area contributed by atoms with Crippen LogP contribution in [0.2, 0.25) is 0 Å². The molecule has 2 aromatic carbocycles. The van der Waals surface area contributed by atoms with Gasteiger partial charge in [0.1, 0.15) is 6.33 Å². The Labute approximate surface area is 190 Å². The fraction of sp³-hybridized carbons (Fsp3) is 0.208. The van der Waals surface area contributed by atoms with E-state index in [0.29, 0.717) is 18.6 Å². The van der Waals surface area contributed by atoms with Gasteiger partial charge < -0.3 is 15.0 Å². The first-order valence-corrected chi connectivity index (χ1v) is 10.6. The first kappa shape index (κ1) is 21.9. The van der Waals surface area contributed by atoms with Gasteiger partial charge >= 0.3 is 5.97 Å². The van der Waals surface area contributed by atoms with Crippen molar-refractivity contribution in [3.05, 3.63) is 77.7 Å². The molecular formula is C24H24N6O3. The van der Waals surface area contributed by atoms with E-state index >= 15 is 0 Å². The summed E-state index contributed by atoms with van der Waals surface area (Å²) in [5.74, 6) is -0.712. The van der Waals surface area contributed by atoms with Gasteiger partial charge in [0.25, 0.3) is 0 Å². The molecule has 0 atom stereocenters. The summed E-state index contributed by atoms with van der Waals surface area (Å²) in [5, 5.41) is 11.3. The number of nitrogens with two attached hydrogens (primary N) is 1. The Balaban J connectivity index is 1.76. The molecule has 0 fully saturated rings. The standard InChI is InChI=1S/C24H24N6O3/c1-3-33-23(31)13-10-20-9-12-22(17-4-7-19(8-5-17)29-15-26-27-28-29)30(20)21-11-6-18(24(25)32)14-16(21)2/h4-9,11-12,14-15H,3,10,13H2,1-2H3,(H2,25,32). The molecule has 0 bridgehead atoms. The van der Waals surface area contributed by atoms with Gasteiger partial charge in [-0.1, -0.05) is 12.1 Å². The lowest BCUT2D eigenvalue weighted by molar-refractivity contribution is -0.143. The van der Waals surface area contributed by atoms with Gasteiger partial charge in [-0.25, -0.2) is 4.68 Å². The third-order valence-electron chi connectivity index (χ3n) is 5.35. The predicted octanol–water partition coefficient (Wildman–Crippen LogP) is 3.02. The van der Waals surface area contributed by atoms with Crippen molar-refractivity contribution < 1.29 is 14.3 Å². The Morgan fingerprint density at radius 2 is 1.85 bits per heavy atom. The number of hydrogen-bond donors (Lipinski definition) is 1. The molecule has 9 nitrogen and oxygen atoms in total. The van der Waals surface area contributed by atoms with E-state index < -0.39 is 5.91 Å². The van der Waals surface area contributed by atoms with Crippen molar-refractivity contribution in [3.8, 4) is 22.6 Å². The number of aryl methyl sites for hydroxylation is 2. The fourth-order valence-corrected chi connectivity index (χ4v) is 3.77. The van der Waals surface area contributed by atoms with Crippen LogP contribution in [-0.4, -0.2) is 43.3 Å². The van der Waals surface area contributed by atoms with Crippen LogP contribution in [0.4, 0.5) is 0 Å². The minimum Gasteiger partial charge on any atom is -0.466 e. The molecule has 2 aromatic heterocycles. The number of rotatable bonds is 8. The Bertz CT molecular complexity index is 1280. The maximum Gasteiger partial charge on any atom is 0.306 e. The molecule has 33 heavy (non-hydrogen) atoms. The van der Waals surface area contributed by atoms with E-state index in [4.69, 9.17) is 10.5 Å². The van der Waals surface area contributed by atoms with Crippen LogP contribution in [0.25, 0.3) is 22.6 Å². The second-order valence-electron chi connectivity index (χ2n) is 7.52. The Kier molecular flexibility index (Phi) is 6.30. The van der Waals surface area contributed by atoms with Gasteiger partial charge in [-0.2, -0.15) is 0 Å². The Morgan fingerprint density at radius 1 is 1.06 bits per heavy atom. The number of amides is 1. The number of tetrazole rings is 1. The van der Waals surface area contributed by atoms with Crippen molar-refractivity contribution >= 4 is 11.9 Å². The maximum atomic E-state index is 12.0. The minimum atomic E-state index is -0.474. The molecular weight excluding hydrogens is 420 g/mol. The average molecular weight is 444 g/mol. The SMILES string of the molecule is CCOC(=O)CCc1ccc(-c2ccc(-n3cnnn3)cc2)n1-c1ccc(C(N)=O)cc1C. The summed E-state index contributed by atoms with van der Waals surface area (Å²) in [6.07, 6.45) is 2.32. The van der Waals surface area contributed by atoms with Gasteiger partial charge in [0.05, 0.1) is 24.4 Å². The summed E-state index contributed by atoms with van der Waals surface area (Å²) < 4.78 is 8.78. The van der Waals surface area contributed by atoms with E-state index in [9.17, 15) is 9.59 Å². The van der Waals surface area contributed by atoms with E-state index in [1.807, 2.05) is 49.4 Å². The highest BCUT2D eigenvalue weighted by atomic mass is 16.5. The summed E-state index contributed by atoms with van der Waals surface area (Å²) in [7, 11) is 0. The van der Waals surface area contributed by atoms with Crippen LogP contribution in [0.1, 0.15) is 35.0 Å². The number of nitrogens with zero attached hydrogens (tertiary/aromatic N) is 5. The summed E-state index contributed by atoms with van der Waals surface area (Å²) in [4.78, 5) is 23.6. The first-order chi connectivity index (χ1) is 16.0. The number of hydrogen-bond acceptors (Lipinski definition) is 6. The summed E-state index contributed by atoms with van der Waals surface area (Å²) in [6.45, 7) is 4.08. The quantitative estimate of drug-likeness (QED) is 0.417. The lowest BCUT2D eigenvalue weighted by atomic mass is 10.1. The van der Waals surface area contributed by atoms with Crippen LogP contribution in [0.15, 0.2) is 60.9 Å². The fourth-order valence-electron chi connectivity index (χ4n) is 3.77. The van der Waals surface area contributed by atoms with E-state index in [0.717, 1.165) is 33.9 Å². The molecule has 0 aliphatic heterocycles. The van der Waals surface area contributed by atoms with E-state index in [2.05, 4.69) is 20.1 Å². The van der Waals surface area contributed by atoms with Crippen molar-refractivity contribution in [2.45, 2.75) is 26.7 Å². The van der Waals surface area contributed by atoms with Gasteiger partial charge in [0, 0.05) is 16.9 Å². The second kappa shape index (κ2) is 9.47. The third kappa shape index (κ3) is 4.67. The molecule has 0 saturated heterocycles. The number of primary amides is 1. The van der Waals surface area contributed by atoms with Crippen LogP contribution in [0.5, 0.6) is 0 Å². The minimum absolute atomic E-state index is 0.238. The number of carbonyl (C=O) groups is 2. The molecule has 4 aromatic rings. The smallest absolute Gasteiger partial charge is 0.306 e. The van der Waals surface area contributed by atoms with Gasteiger partial charge in [-0.05, 0) is 84.3 Å². The summed E-state index contributed by atoms with van der Waals surface area (Å²) in [6, 6.07) is 17.2. The van der Waals surface area contributed by atoms with Crippen molar-refractivity contribution in [2.24, 2.45) is 5.73 Å². The second-order valence-corrected chi connectivity index (χ2v) is 7.52. The molecule has 0 radical (unpaired) electrons. The number of esters is 1. The zero-order chi connectivity index (χ0) is 23.4. The van der Waals surface area contributed by atoms with Crippen molar-refractivity contribution in [1.82, 2.24) is 24.8 Å². The van der Waals surface area contributed by atoms with Gasteiger partial charge in [-0.3, -0.25) is 9.59 Å². The molecule has 4 rings (SSSR count). The summed E-state index contributed by atoms with van der Waals surface area (Å²) >= 11 is 0. The van der Waals surface area contributed by atoms with Crippen molar-refractivity contribution in [2.75, 3.05) is 6.61 Å². The van der Waals surface area contributed by atoms with Crippen molar-refractivity contribution in [1.29, 1.82) is 0 Å². The zero-order valence-corrected chi connectivity index (χ0v) is 18.4. The van der Waals surface area contributed by atoms with Crippen LogP contribution in [-0.2, 0) is 16.0 Å². The highest BCUT2D eigenvalue weighted by molar-refractivity contribution is 5.93. The highest BCUT2D eigenvalue weighted by Gasteiger charge is 2.16. The molecule has 0 aliphatic carbocycles. The third-order valence-corrected chi connectivity index (χ3v) is 5.35. The molecule has 0 saturated carbocycles. The highest BCUT2D eigenvalue weighted by Crippen LogP contribution is 2.30. The molecule has 2 heterocycles. The number of ether oxygens (including phenoxy) is 1. The lowest BCUT2D eigenvalue weighted by Gasteiger charge is -2.17. The van der Waals surface area contributed by atoms with Crippen LogP contribution in [0.3, 0.4) is 0 Å². The van der Waals surface area contributed by atoms with Gasteiger partial charge in [0.15, 0.2) is 0 Å². The predicted molar refractivity (Wildman–Crippen MR) is 122 cm³/mol. The lowest BCUT2D eigenvalue weighted by Crippen LogP contribution is -2.12. The molecule has 168 valence electrons. The summed E-state index contributed by atoms with van der Waals surface area (Å²) in [5.41, 5.74) is 11.4. The average Bonchev–Trinajstić information content (AvgIpc) is 3.48. The maximum absolute atomic E-state index is 12.0. The Morgan fingerprint density at radius 3 is 2.48 bits per heavy atom.